The number of fused-ring (bicyclic) bond motifs is 1. The SMILES string of the molecule is C=CCn1c(=O)c(-c2cccc(Cl)c2)cc2cccnc21. The highest BCUT2D eigenvalue weighted by atomic mass is 35.5. The molecule has 0 aliphatic rings. The monoisotopic (exact) mass is 296 g/mol. The second kappa shape index (κ2) is 5.54. The molecule has 2 aromatic heterocycles. The van der Waals surface area contributed by atoms with Crippen molar-refractivity contribution in [2.45, 2.75) is 6.54 Å². The molecule has 0 saturated heterocycles. The van der Waals surface area contributed by atoms with Crippen LogP contribution in [0.1, 0.15) is 0 Å². The quantitative estimate of drug-likeness (QED) is 0.687. The summed E-state index contributed by atoms with van der Waals surface area (Å²) in [5.74, 6) is 0. The molecule has 0 amide bonds. The molecule has 0 atom stereocenters. The second-order valence-corrected chi connectivity index (χ2v) is 5.13. The molecular weight excluding hydrogens is 284 g/mol. The van der Waals surface area contributed by atoms with Gasteiger partial charge in [-0.1, -0.05) is 29.8 Å². The van der Waals surface area contributed by atoms with Crippen molar-refractivity contribution in [1.29, 1.82) is 0 Å². The van der Waals surface area contributed by atoms with Gasteiger partial charge in [-0.25, -0.2) is 4.98 Å². The van der Waals surface area contributed by atoms with Crippen molar-refractivity contribution in [1.82, 2.24) is 9.55 Å². The average Bonchev–Trinajstić information content (AvgIpc) is 2.50. The Morgan fingerprint density at radius 2 is 2.10 bits per heavy atom. The van der Waals surface area contributed by atoms with E-state index in [1.165, 1.54) is 0 Å². The molecule has 0 fully saturated rings. The molecular formula is C17H13ClN2O. The zero-order chi connectivity index (χ0) is 14.8. The zero-order valence-electron chi connectivity index (χ0n) is 11.3. The summed E-state index contributed by atoms with van der Waals surface area (Å²) in [6, 6.07) is 12.9. The summed E-state index contributed by atoms with van der Waals surface area (Å²) in [4.78, 5) is 17.0. The van der Waals surface area contributed by atoms with Crippen molar-refractivity contribution in [2.24, 2.45) is 0 Å². The number of benzene rings is 1. The van der Waals surface area contributed by atoms with Crippen LogP contribution in [-0.2, 0) is 6.54 Å². The Balaban J connectivity index is 2.36. The number of aromatic nitrogens is 2. The van der Waals surface area contributed by atoms with Crippen molar-refractivity contribution in [3.63, 3.8) is 0 Å². The summed E-state index contributed by atoms with van der Waals surface area (Å²) >= 11 is 6.03. The molecule has 0 N–H and O–H groups in total. The van der Waals surface area contributed by atoms with Crippen LogP contribution < -0.4 is 5.56 Å². The van der Waals surface area contributed by atoms with E-state index in [9.17, 15) is 4.79 Å². The lowest BCUT2D eigenvalue weighted by Gasteiger charge is -2.10. The Bertz CT molecular complexity index is 883. The third-order valence-corrected chi connectivity index (χ3v) is 3.53. The van der Waals surface area contributed by atoms with E-state index in [0.717, 1.165) is 10.9 Å². The van der Waals surface area contributed by atoms with Crippen LogP contribution in [0.25, 0.3) is 22.2 Å². The van der Waals surface area contributed by atoms with Crippen LogP contribution in [0.4, 0.5) is 0 Å². The number of nitrogens with zero attached hydrogens (tertiary/aromatic N) is 2. The lowest BCUT2D eigenvalue weighted by Crippen LogP contribution is -2.22. The number of hydrogen-bond donors (Lipinski definition) is 0. The number of rotatable bonds is 3. The molecule has 0 radical (unpaired) electrons. The minimum absolute atomic E-state index is 0.0941. The van der Waals surface area contributed by atoms with Crippen LogP contribution in [0.2, 0.25) is 5.02 Å². The van der Waals surface area contributed by atoms with E-state index in [1.807, 2.05) is 30.3 Å². The fourth-order valence-corrected chi connectivity index (χ4v) is 2.56. The Labute approximate surface area is 127 Å². The Hall–Kier alpha value is -2.39. The van der Waals surface area contributed by atoms with Crippen LogP contribution >= 0.6 is 11.6 Å². The molecule has 2 heterocycles. The van der Waals surface area contributed by atoms with Crippen LogP contribution in [-0.4, -0.2) is 9.55 Å². The van der Waals surface area contributed by atoms with Crippen LogP contribution in [0, 0.1) is 0 Å². The van der Waals surface area contributed by atoms with Crippen LogP contribution in [0.3, 0.4) is 0 Å². The molecule has 104 valence electrons. The predicted molar refractivity (Wildman–Crippen MR) is 86.6 cm³/mol. The number of pyridine rings is 2. The first-order valence-corrected chi connectivity index (χ1v) is 6.94. The van der Waals surface area contributed by atoms with Gasteiger partial charge in [0, 0.05) is 28.7 Å². The first-order valence-electron chi connectivity index (χ1n) is 6.56. The lowest BCUT2D eigenvalue weighted by atomic mass is 10.1. The maximum atomic E-state index is 12.7. The number of allylic oxidation sites excluding steroid dienone is 1. The molecule has 0 aliphatic heterocycles. The van der Waals surface area contributed by atoms with Crippen molar-refractivity contribution in [3.8, 4) is 11.1 Å². The summed E-state index contributed by atoms with van der Waals surface area (Å²) in [5, 5.41) is 1.52. The van der Waals surface area contributed by atoms with Crippen LogP contribution in [0.5, 0.6) is 0 Å². The molecule has 0 spiro atoms. The minimum Gasteiger partial charge on any atom is -0.288 e. The lowest BCUT2D eigenvalue weighted by molar-refractivity contribution is 0.807. The van der Waals surface area contributed by atoms with Gasteiger partial charge in [0.1, 0.15) is 5.65 Å². The van der Waals surface area contributed by atoms with Crippen molar-refractivity contribution >= 4 is 22.6 Å². The molecule has 3 nitrogen and oxygen atoms in total. The first-order chi connectivity index (χ1) is 10.2. The summed E-state index contributed by atoms with van der Waals surface area (Å²) in [5.41, 5.74) is 1.98. The van der Waals surface area contributed by atoms with E-state index in [2.05, 4.69) is 11.6 Å². The largest absolute Gasteiger partial charge is 0.288 e. The van der Waals surface area contributed by atoms with Gasteiger partial charge in [-0.05, 0) is 35.9 Å². The highest BCUT2D eigenvalue weighted by Crippen LogP contribution is 2.22. The van der Waals surface area contributed by atoms with E-state index in [0.29, 0.717) is 22.8 Å². The predicted octanol–water partition coefficient (Wildman–Crippen LogP) is 3.90. The van der Waals surface area contributed by atoms with Gasteiger partial charge in [0.2, 0.25) is 0 Å². The molecule has 0 unspecified atom stereocenters. The number of hydrogen-bond acceptors (Lipinski definition) is 2. The maximum absolute atomic E-state index is 12.7. The number of halogens is 1. The van der Waals surface area contributed by atoms with Crippen LogP contribution in [0.15, 0.2) is 66.1 Å². The van der Waals surface area contributed by atoms with Gasteiger partial charge in [0.15, 0.2) is 0 Å². The van der Waals surface area contributed by atoms with Gasteiger partial charge in [0.25, 0.3) is 5.56 Å². The summed E-state index contributed by atoms with van der Waals surface area (Å²) in [6.45, 7) is 4.13. The van der Waals surface area contributed by atoms with Gasteiger partial charge in [0.05, 0.1) is 0 Å². The molecule has 21 heavy (non-hydrogen) atoms. The molecule has 0 saturated carbocycles. The standard InChI is InChI=1S/C17H13ClN2O/c1-2-9-20-16-13(6-4-8-19-16)11-15(17(20)21)12-5-3-7-14(18)10-12/h2-8,10-11H,1,9H2. The third kappa shape index (κ3) is 2.48. The summed E-state index contributed by atoms with van der Waals surface area (Å²) < 4.78 is 1.62. The van der Waals surface area contributed by atoms with Gasteiger partial charge in [-0.2, -0.15) is 0 Å². The van der Waals surface area contributed by atoms with Gasteiger partial charge in [-0.15, -0.1) is 6.58 Å². The van der Waals surface area contributed by atoms with Gasteiger partial charge in [-0.3, -0.25) is 9.36 Å². The summed E-state index contributed by atoms with van der Waals surface area (Å²) in [7, 11) is 0. The average molecular weight is 297 g/mol. The summed E-state index contributed by atoms with van der Waals surface area (Å²) in [6.07, 6.45) is 3.37. The van der Waals surface area contributed by atoms with Crippen molar-refractivity contribution in [2.75, 3.05) is 0 Å². The molecule has 1 aromatic carbocycles. The minimum atomic E-state index is -0.0941. The molecule has 0 aliphatic carbocycles. The van der Waals surface area contributed by atoms with Crippen molar-refractivity contribution in [3.05, 3.63) is 76.7 Å². The van der Waals surface area contributed by atoms with Gasteiger partial charge < -0.3 is 0 Å². The Morgan fingerprint density at radius 3 is 2.86 bits per heavy atom. The molecule has 4 heteroatoms. The van der Waals surface area contributed by atoms with E-state index in [4.69, 9.17) is 11.6 Å². The van der Waals surface area contributed by atoms with E-state index < -0.39 is 0 Å². The zero-order valence-corrected chi connectivity index (χ0v) is 12.0. The topological polar surface area (TPSA) is 34.9 Å². The molecule has 3 aromatic rings. The maximum Gasteiger partial charge on any atom is 0.260 e. The second-order valence-electron chi connectivity index (χ2n) is 4.69. The Kier molecular flexibility index (Phi) is 3.59. The molecule has 3 rings (SSSR count). The fourth-order valence-electron chi connectivity index (χ4n) is 2.37. The highest BCUT2D eigenvalue weighted by molar-refractivity contribution is 6.30. The van der Waals surface area contributed by atoms with Gasteiger partial charge >= 0.3 is 0 Å². The normalized spacial score (nSPS) is 10.7. The van der Waals surface area contributed by atoms with E-state index >= 15 is 0 Å². The third-order valence-electron chi connectivity index (χ3n) is 3.30. The first kappa shape index (κ1) is 13.6. The van der Waals surface area contributed by atoms with E-state index in [-0.39, 0.29) is 5.56 Å². The van der Waals surface area contributed by atoms with Crippen molar-refractivity contribution < 1.29 is 0 Å². The highest BCUT2D eigenvalue weighted by Gasteiger charge is 2.11. The fraction of sp³-hybridized carbons (Fsp3) is 0.0588. The smallest absolute Gasteiger partial charge is 0.260 e. The molecule has 0 bridgehead atoms. The Morgan fingerprint density at radius 1 is 1.24 bits per heavy atom. The van der Waals surface area contributed by atoms with E-state index in [1.54, 1.807) is 29.0 Å².